The molecular formula is C19H15F6NO3. The van der Waals surface area contributed by atoms with Crippen LogP contribution in [-0.4, -0.2) is 23.0 Å². The molecule has 156 valence electrons. The Hall–Kier alpha value is -3.04. The van der Waals surface area contributed by atoms with Crippen molar-refractivity contribution in [1.29, 1.82) is 0 Å². The van der Waals surface area contributed by atoms with E-state index in [0.717, 1.165) is 5.56 Å². The van der Waals surface area contributed by atoms with Crippen LogP contribution in [0.15, 0.2) is 42.5 Å². The first kappa shape index (κ1) is 22.3. The van der Waals surface area contributed by atoms with E-state index in [1.807, 2.05) is 5.32 Å². The lowest BCUT2D eigenvalue weighted by atomic mass is 10.0. The van der Waals surface area contributed by atoms with Crippen LogP contribution in [0.1, 0.15) is 32.6 Å². The number of benzene rings is 2. The highest BCUT2D eigenvalue weighted by Gasteiger charge is 2.37. The van der Waals surface area contributed by atoms with E-state index in [0.29, 0.717) is 5.56 Å². The van der Waals surface area contributed by atoms with Crippen LogP contribution in [0.25, 0.3) is 0 Å². The van der Waals surface area contributed by atoms with E-state index in [-0.39, 0.29) is 24.6 Å². The van der Waals surface area contributed by atoms with E-state index in [2.05, 4.69) is 0 Å². The minimum absolute atomic E-state index is 0.113. The van der Waals surface area contributed by atoms with Gasteiger partial charge in [-0.1, -0.05) is 29.8 Å². The molecule has 29 heavy (non-hydrogen) atoms. The van der Waals surface area contributed by atoms with E-state index in [1.54, 1.807) is 31.2 Å². The molecule has 0 spiro atoms. The molecule has 10 heteroatoms. The molecule has 0 aromatic heterocycles. The topological polar surface area (TPSA) is 66.4 Å². The Kier molecular flexibility index (Phi) is 6.24. The standard InChI is InChI=1S/C19H15F6NO3/c1-10-3-2-4-11(5-10)6-15(17(28)29)26-16(27)12-7-13(18(20,21)22)9-14(8-12)19(23,24)25/h2-5,7-9,15H,6H2,1H3,(H,26,27)(H,28,29)/t15-/m1/s1. The summed E-state index contributed by atoms with van der Waals surface area (Å²) in [5, 5.41) is 11.3. The fraction of sp³-hybridized carbons (Fsp3) is 0.263. The highest BCUT2D eigenvalue weighted by Crippen LogP contribution is 2.36. The average Bonchev–Trinajstić information content (AvgIpc) is 2.59. The summed E-state index contributed by atoms with van der Waals surface area (Å²) < 4.78 is 77.5. The number of hydrogen-bond donors (Lipinski definition) is 2. The molecule has 0 heterocycles. The summed E-state index contributed by atoms with van der Waals surface area (Å²) in [6.07, 6.45) is -10.4. The Morgan fingerprint density at radius 3 is 1.97 bits per heavy atom. The van der Waals surface area contributed by atoms with Gasteiger partial charge in [-0.15, -0.1) is 0 Å². The van der Waals surface area contributed by atoms with E-state index >= 15 is 0 Å². The molecule has 0 radical (unpaired) electrons. The Balaban J connectivity index is 2.35. The second-order valence-corrected chi connectivity index (χ2v) is 6.35. The van der Waals surface area contributed by atoms with Gasteiger partial charge in [-0.3, -0.25) is 4.79 Å². The first-order valence-corrected chi connectivity index (χ1v) is 8.16. The van der Waals surface area contributed by atoms with Gasteiger partial charge >= 0.3 is 18.3 Å². The minimum Gasteiger partial charge on any atom is -0.480 e. The van der Waals surface area contributed by atoms with E-state index in [9.17, 15) is 41.0 Å². The third-order valence-electron chi connectivity index (χ3n) is 3.98. The molecule has 0 unspecified atom stereocenters. The molecule has 0 bridgehead atoms. The predicted molar refractivity (Wildman–Crippen MR) is 90.2 cm³/mol. The Morgan fingerprint density at radius 1 is 0.966 bits per heavy atom. The Labute approximate surface area is 161 Å². The zero-order valence-corrected chi connectivity index (χ0v) is 14.9. The SMILES string of the molecule is Cc1cccc(C[C@@H](NC(=O)c2cc(C(F)(F)F)cc(C(F)(F)F)c2)C(=O)O)c1. The van der Waals surface area contributed by atoms with E-state index < -0.39 is 47.0 Å². The van der Waals surface area contributed by atoms with Crippen LogP contribution in [0.4, 0.5) is 26.3 Å². The number of amides is 1. The van der Waals surface area contributed by atoms with Gasteiger partial charge in [0.2, 0.25) is 0 Å². The smallest absolute Gasteiger partial charge is 0.416 e. The van der Waals surface area contributed by atoms with Gasteiger partial charge in [0.15, 0.2) is 0 Å². The minimum atomic E-state index is -5.12. The normalized spacial score (nSPS) is 13.1. The maximum Gasteiger partial charge on any atom is 0.416 e. The van der Waals surface area contributed by atoms with Crippen LogP contribution in [0.3, 0.4) is 0 Å². The van der Waals surface area contributed by atoms with Crippen molar-refractivity contribution < 1.29 is 41.0 Å². The molecule has 0 aliphatic rings. The molecule has 0 saturated heterocycles. The monoisotopic (exact) mass is 419 g/mol. The van der Waals surface area contributed by atoms with Gasteiger partial charge in [0.1, 0.15) is 6.04 Å². The summed E-state index contributed by atoms with van der Waals surface area (Å²) >= 11 is 0. The summed E-state index contributed by atoms with van der Waals surface area (Å²) in [5.74, 6) is -2.84. The second-order valence-electron chi connectivity index (χ2n) is 6.35. The molecular weight excluding hydrogens is 404 g/mol. The van der Waals surface area contributed by atoms with Crippen LogP contribution in [0, 0.1) is 6.92 Å². The Bertz CT molecular complexity index is 889. The van der Waals surface area contributed by atoms with Crippen LogP contribution >= 0.6 is 0 Å². The first-order chi connectivity index (χ1) is 13.3. The Morgan fingerprint density at radius 2 is 1.52 bits per heavy atom. The number of carbonyl (C=O) groups excluding carboxylic acids is 1. The molecule has 0 aliphatic carbocycles. The zero-order valence-electron chi connectivity index (χ0n) is 14.9. The summed E-state index contributed by atoms with van der Waals surface area (Å²) in [7, 11) is 0. The summed E-state index contributed by atoms with van der Waals surface area (Å²) in [5.41, 5.74) is -2.93. The van der Waals surface area contributed by atoms with Gasteiger partial charge in [-0.05, 0) is 30.7 Å². The second kappa shape index (κ2) is 8.14. The van der Waals surface area contributed by atoms with Crippen molar-refractivity contribution in [2.45, 2.75) is 31.7 Å². The number of carboxylic acid groups (broad SMARTS) is 1. The summed E-state index contributed by atoms with van der Waals surface area (Å²) in [6, 6.07) is 5.46. The van der Waals surface area contributed by atoms with Crippen LogP contribution in [0.5, 0.6) is 0 Å². The molecule has 0 aliphatic heterocycles. The number of halogens is 6. The molecule has 4 nitrogen and oxygen atoms in total. The fourth-order valence-electron chi connectivity index (χ4n) is 2.60. The van der Waals surface area contributed by atoms with Gasteiger partial charge in [0.25, 0.3) is 5.91 Å². The molecule has 1 amide bonds. The van der Waals surface area contributed by atoms with Gasteiger partial charge < -0.3 is 10.4 Å². The van der Waals surface area contributed by atoms with Crippen molar-refractivity contribution in [1.82, 2.24) is 5.32 Å². The average molecular weight is 419 g/mol. The molecule has 1 atom stereocenters. The van der Waals surface area contributed by atoms with Crippen molar-refractivity contribution in [2.75, 3.05) is 0 Å². The highest BCUT2D eigenvalue weighted by molar-refractivity contribution is 5.97. The maximum absolute atomic E-state index is 12.9. The molecule has 2 rings (SSSR count). The molecule has 0 saturated carbocycles. The third-order valence-corrected chi connectivity index (χ3v) is 3.98. The van der Waals surface area contributed by atoms with Crippen molar-refractivity contribution >= 4 is 11.9 Å². The van der Waals surface area contributed by atoms with Gasteiger partial charge in [0, 0.05) is 12.0 Å². The fourth-order valence-corrected chi connectivity index (χ4v) is 2.60. The van der Waals surface area contributed by atoms with Gasteiger partial charge in [-0.25, -0.2) is 4.79 Å². The van der Waals surface area contributed by atoms with Gasteiger partial charge in [-0.2, -0.15) is 26.3 Å². The number of carboxylic acids is 1. The lowest BCUT2D eigenvalue weighted by Crippen LogP contribution is -2.42. The van der Waals surface area contributed by atoms with Crippen molar-refractivity contribution in [3.05, 3.63) is 70.3 Å². The van der Waals surface area contributed by atoms with Crippen LogP contribution in [0.2, 0.25) is 0 Å². The third kappa shape index (κ3) is 5.97. The number of carbonyl (C=O) groups is 2. The summed E-state index contributed by atoms with van der Waals surface area (Å²) in [6.45, 7) is 1.75. The van der Waals surface area contributed by atoms with Crippen LogP contribution < -0.4 is 5.32 Å². The largest absolute Gasteiger partial charge is 0.480 e. The predicted octanol–water partition coefficient (Wildman–Crippen LogP) is 4.46. The van der Waals surface area contributed by atoms with Crippen molar-refractivity contribution in [2.24, 2.45) is 0 Å². The lowest BCUT2D eigenvalue weighted by Gasteiger charge is -2.17. The van der Waals surface area contributed by atoms with Gasteiger partial charge in [0.05, 0.1) is 11.1 Å². The van der Waals surface area contributed by atoms with Crippen LogP contribution in [-0.2, 0) is 23.6 Å². The number of hydrogen-bond acceptors (Lipinski definition) is 2. The first-order valence-electron chi connectivity index (χ1n) is 8.16. The number of rotatable bonds is 5. The number of aryl methyl sites for hydroxylation is 1. The highest BCUT2D eigenvalue weighted by atomic mass is 19.4. The van der Waals surface area contributed by atoms with E-state index in [1.165, 1.54) is 0 Å². The van der Waals surface area contributed by atoms with E-state index in [4.69, 9.17) is 0 Å². The summed E-state index contributed by atoms with van der Waals surface area (Å²) in [4.78, 5) is 23.7. The number of nitrogens with one attached hydrogen (secondary N) is 1. The maximum atomic E-state index is 12.9. The molecule has 2 N–H and O–H groups in total. The quantitative estimate of drug-likeness (QED) is 0.704. The molecule has 0 fully saturated rings. The van der Waals surface area contributed by atoms with Crippen molar-refractivity contribution in [3.63, 3.8) is 0 Å². The number of alkyl halides is 6. The molecule has 2 aromatic carbocycles. The van der Waals surface area contributed by atoms with Crippen molar-refractivity contribution in [3.8, 4) is 0 Å². The zero-order chi connectivity index (χ0) is 22.0. The molecule has 2 aromatic rings. The lowest BCUT2D eigenvalue weighted by molar-refractivity contribution is -0.143. The number of aliphatic carboxylic acids is 1.